The lowest BCUT2D eigenvalue weighted by Gasteiger charge is -2.36. The Bertz CT molecular complexity index is 588. The molecule has 5 rings (SSSR count). The number of piperidine rings is 1. The summed E-state index contributed by atoms with van der Waals surface area (Å²) < 4.78 is 5.39. The summed E-state index contributed by atoms with van der Waals surface area (Å²) in [5, 5.41) is 0. The van der Waals surface area contributed by atoms with Crippen molar-refractivity contribution in [1.82, 2.24) is 14.7 Å². The minimum absolute atomic E-state index is 0.343. The third kappa shape index (κ3) is 4.45. The lowest BCUT2D eigenvalue weighted by atomic mass is 9.94. The first-order valence-electron chi connectivity index (χ1n) is 10.1. The monoisotopic (exact) mass is 357 g/mol. The highest BCUT2D eigenvalue weighted by molar-refractivity contribution is 5.76. The molecule has 0 saturated carbocycles. The molecule has 4 heterocycles. The van der Waals surface area contributed by atoms with Gasteiger partial charge in [-0.2, -0.15) is 0 Å². The first-order chi connectivity index (χ1) is 12.8. The van der Waals surface area contributed by atoms with Gasteiger partial charge in [0.1, 0.15) is 0 Å². The highest BCUT2D eigenvalue weighted by atomic mass is 16.5. The number of nitrogens with zero attached hydrogens (tertiary/aromatic N) is 3. The average Bonchev–Trinajstić information content (AvgIpc) is 3.00. The van der Waals surface area contributed by atoms with Crippen molar-refractivity contribution in [3.63, 3.8) is 0 Å². The molecule has 0 radical (unpaired) electrons. The van der Waals surface area contributed by atoms with Crippen LogP contribution in [0.2, 0.25) is 0 Å². The van der Waals surface area contributed by atoms with Crippen molar-refractivity contribution >= 4 is 5.91 Å². The van der Waals surface area contributed by atoms with Gasteiger partial charge in [-0.05, 0) is 24.3 Å². The Kier molecular flexibility index (Phi) is 5.88. The molecular formula is C21H31N3O2. The fourth-order valence-corrected chi connectivity index (χ4v) is 4.63. The van der Waals surface area contributed by atoms with E-state index in [4.69, 9.17) is 4.74 Å². The SMILES string of the molecule is O=C(CCN1CCOCC1)N1C[C@H]2CC[C@@H](C1)N(Cc1ccccc1)C2. The summed E-state index contributed by atoms with van der Waals surface area (Å²) in [5.74, 6) is 0.972. The van der Waals surface area contributed by atoms with Gasteiger partial charge in [-0.3, -0.25) is 14.6 Å². The van der Waals surface area contributed by atoms with Crippen molar-refractivity contribution < 1.29 is 9.53 Å². The molecular weight excluding hydrogens is 326 g/mol. The second-order valence-corrected chi connectivity index (χ2v) is 8.01. The molecule has 0 unspecified atom stereocenters. The quantitative estimate of drug-likeness (QED) is 0.806. The van der Waals surface area contributed by atoms with E-state index < -0.39 is 0 Å². The Hall–Kier alpha value is -1.43. The van der Waals surface area contributed by atoms with Crippen LogP contribution in [-0.2, 0) is 16.1 Å². The Balaban J connectivity index is 1.32. The van der Waals surface area contributed by atoms with Crippen LogP contribution in [0, 0.1) is 5.92 Å². The predicted molar refractivity (Wildman–Crippen MR) is 102 cm³/mol. The molecule has 26 heavy (non-hydrogen) atoms. The maximum atomic E-state index is 12.8. The van der Waals surface area contributed by atoms with E-state index in [1.54, 1.807) is 0 Å². The number of morpholine rings is 1. The smallest absolute Gasteiger partial charge is 0.223 e. The van der Waals surface area contributed by atoms with Crippen LogP contribution < -0.4 is 0 Å². The maximum absolute atomic E-state index is 12.8. The van der Waals surface area contributed by atoms with Gasteiger partial charge in [0.05, 0.1) is 13.2 Å². The molecule has 2 atom stereocenters. The molecule has 0 spiro atoms. The van der Waals surface area contributed by atoms with E-state index in [2.05, 4.69) is 45.0 Å². The summed E-state index contributed by atoms with van der Waals surface area (Å²) in [5.41, 5.74) is 1.38. The van der Waals surface area contributed by atoms with Crippen LogP contribution in [0.5, 0.6) is 0 Å². The van der Waals surface area contributed by atoms with Crippen LogP contribution in [0.25, 0.3) is 0 Å². The molecule has 5 nitrogen and oxygen atoms in total. The number of fused-ring (bicyclic) bond motifs is 4. The first-order valence-corrected chi connectivity index (χ1v) is 10.1. The van der Waals surface area contributed by atoms with Crippen molar-refractivity contribution in [1.29, 1.82) is 0 Å². The summed E-state index contributed by atoms with van der Waals surface area (Å²) in [7, 11) is 0. The third-order valence-electron chi connectivity index (χ3n) is 6.15. The van der Waals surface area contributed by atoms with E-state index in [-0.39, 0.29) is 0 Å². The Morgan fingerprint density at radius 1 is 1.04 bits per heavy atom. The minimum Gasteiger partial charge on any atom is -0.379 e. The number of carbonyl (C=O) groups excluding carboxylic acids is 1. The van der Waals surface area contributed by atoms with Gasteiger partial charge in [0.2, 0.25) is 5.91 Å². The van der Waals surface area contributed by atoms with E-state index in [0.29, 0.717) is 24.3 Å². The van der Waals surface area contributed by atoms with Crippen molar-refractivity contribution in [3.05, 3.63) is 35.9 Å². The van der Waals surface area contributed by atoms with Gasteiger partial charge in [0, 0.05) is 58.3 Å². The molecule has 1 amide bonds. The lowest BCUT2D eigenvalue weighted by Crippen LogP contribution is -2.44. The van der Waals surface area contributed by atoms with Crippen LogP contribution in [0.4, 0.5) is 0 Å². The largest absolute Gasteiger partial charge is 0.379 e. The van der Waals surface area contributed by atoms with E-state index in [1.165, 1.54) is 18.4 Å². The van der Waals surface area contributed by atoms with Crippen molar-refractivity contribution in [3.8, 4) is 0 Å². The maximum Gasteiger partial charge on any atom is 0.223 e. The van der Waals surface area contributed by atoms with Gasteiger partial charge in [-0.1, -0.05) is 30.3 Å². The lowest BCUT2D eigenvalue weighted by molar-refractivity contribution is -0.132. The molecule has 4 saturated heterocycles. The normalized spacial score (nSPS) is 27.5. The number of amides is 1. The van der Waals surface area contributed by atoms with Crippen molar-refractivity contribution in [2.24, 2.45) is 5.92 Å². The van der Waals surface area contributed by atoms with Gasteiger partial charge in [0.25, 0.3) is 0 Å². The molecule has 2 bridgehead atoms. The Morgan fingerprint density at radius 2 is 1.85 bits per heavy atom. The number of ether oxygens (including phenoxy) is 1. The number of hydrogen-bond acceptors (Lipinski definition) is 4. The van der Waals surface area contributed by atoms with Gasteiger partial charge in [-0.25, -0.2) is 0 Å². The summed E-state index contributed by atoms with van der Waals surface area (Å²) >= 11 is 0. The molecule has 0 aromatic heterocycles. The van der Waals surface area contributed by atoms with Gasteiger partial charge in [-0.15, -0.1) is 0 Å². The molecule has 4 fully saturated rings. The number of benzene rings is 1. The number of hydrogen-bond donors (Lipinski definition) is 0. The topological polar surface area (TPSA) is 36.0 Å². The summed E-state index contributed by atoms with van der Waals surface area (Å²) in [6, 6.07) is 11.3. The molecule has 1 aromatic carbocycles. The molecule has 0 aliphatic carbocycles. The Labute approximate surface area is 156 Å². The van der Waals surface area contributed by atoms with Crippen LogP contribution >= 0.6 is 0 Å². The van der Waals surface area contributed by atoms with Crippen LogP contribution in [0.1, 0.15) is 24.8 Å². The van der Waals surface area contributed by atoms with Gasteiger partial charge >= 0.3 is 0 Å². The molecule has 1 aromatic rings. The van der Waals surface area contributed by atoms with Crippen molar-refractivity contribution in [2.45, 2.75) is 31.8 Å². The van der Waals surface area contributed by atoms with E-state index in [0.717, 1.165) is 59.0 Å². The molecule has 142 valence electrons. The second-order valence-electron chi connectivity index (χ2n) is 8.01. The summed E-state index contributed by atoms with van der Waals surface area (Å²) in [6.07, 6.45) is 3.14. The minimum atomic E-state index is 0.343. The predicted octanol–water partition coefficient (Wildman–Crippen LogP) is 1.83. The zero-order valence-electron chi connectivity index (χ0n) is 15.7. The van der Waals surface area contributed by atoms with Crippen molar-refractivity contribution in [2.75, 3.05) is 52.5 Å². The zero-order chi connectivity index (χ0) is 17.8. The standard InChI is InChI=1S/C21H31N3O2/c25-21(8-9-22-10-12-26-13-11-22)24-16-19-6-7-20(17-24)23(15-19)14-18-4-2-1-3-5-18/h1-5,19-20H,6-17H2/t19-,20-/m0/s1. The molecule has 4 aliphatic rings. The number of rotatable bonds is 5. The van der Waals surface area contributed by atoms with Gasteiger partial charge in [0.15, 0.2) is 0 Å². The number of carbonyl (C=O) groups is 1. The summed E-state index contributed by atoms with van der Waals surface area (Å²) in [4.78, 5) is 20.0. The Morgan fingerprint density at radius 3 is 2.65 bits per heavy atom. The highest BCUT2D eigenvalue weighted by Crippen LogP contribution is 2.29. The van der Waals surface area contributed by atoms with Crippen LogP contribution in [0.3, 0.4) is 0 Å². The van der Waals surface area contributed by atoms with Crippen LogP contribution in [0.15, 0.2) is 30.3 Å². The molecule has 4 aliphatic heterocycles. The molecule has 5 heteroatoms. The third-order valence-corrected chi connectivity index (χ3v) is 6.15. The first kappa shape index (κ1) is 18.0. The fraction of sp³-hybridized carbons (Fsp3) is 0.667. The average molecular weight is 357 g/mol. The van der Waals surface area contributed by atoms with Gasteiger partial charge < -0.3 is 9.64 Å². The van der Waals surface area contributed by atoms with E-state index in [9.17, 15) is 4.79 Å². The zero-order valence-corrected chi connectivity index (χ0v) is 15.7. The van der Waals surface area contributed by atoms with Crippen LogP contribution in [-0.4, -0.2) is 79.1 Å². The van der Waals surface area contributed by atoms with E-state index in [1.807, 2.05) is 0 Å². The van der Waals surface area contributed by atoms with E-state index >= 15 is 0 Å². The molecule has 0 N–H and O–H groups in total. The fourth-order valence-electron chi connectivity index (χ4n) is 4.63. The second kappa shape index (κ2) is 8.51. The highest BCUT2D eigenvalue weighted by Gasteiger charge is 2.36. The summed E-state index contributed by atoms with van der Waals surface area (Å²) in [6.45, 7) is 8.40.